The molecule has 3 fully saturated rings. The molecule has 2 aliphatic heterocycles. The summed E-state index contributed by atoms with van der Waals surface area (Å²) in [5.41, 5.74) is 0. The van der Waals surface area contributed by atoms with Crippen LogP contribution >= 0.6 is 0 Å². The predicted octanol–water partition coefficient (Wildman–Crippen LogP) is 5.96. The van der Waals surface area contributed by atoms with Gasteiger partial charge in [-0.2, -0.15) is 0 Å². The number of hydrogen-bond donors (Lipinski definition) is 0. The summed E-state index contributed by atoms with van der Waals surface area (Å²) in [6.07, 6.45) is 8.94. The maximum Gasteiger partial charge on any atom is 0.0832 e. The highest BCUT2D eigenvalue weighted by atomic mass is 16.6. The van der Waals surface area contributed by atoms with Crippen molar-refractivity contribution in [2.45, 2.75) is 86.2 Å². The first-order chi connectivity index (χ1) is 12.4. The molecule has 0 amide bonds. The van der Waals surface area contributed by atoms with E-state index in [1.165, 1.54) is 38.5 Å². The molecule has 26 heavy (non-hydrogen) atoms. The molecule has 2 atom stereocenters. The zero-order chi connectivity index (χ0) is 19.4. The van der Waals surface area contributed by atoms with Gasteiger partial charge in [0.2, 0.25) is 0 Å². The fourth-order valence-electron chi connectivity index (χ4n) is 3.81. The molecule has 0 radical (unpaired) electrons. The zero-order valence-corrected chi connectivity index (χ0v) is 18.5. The fraction of sp³-hybridized carbons (Fsp3) is 1.00. The Morgan fingerprint density at radius 1 is 0.577 bits per heavy atom. The first-order valence-electron chi connectivity index (χ1n) is 11.2. The molecule has 1 aliphatic carbocycles. The molecule has 3 nitrogen and oxygen atoms in total. The summed E-state index contributed by atoms with van der Waals surface area (Å²) in [5.74, 6) is 4.24. The Morgan fingerprint density at radius 2 is 1.15 bits per heavy atom. The van der Waals surface area contributed by atoms with E-state index in [-0.39, 0.29) is 0 Å². The lowest BCUT2D eigenvalue weighted by atomic mass is 9.91. The van der Waals surface area contributed by atoms with Gasteiger partial charge in [-0.15, -0.1) is 0 Å². The molecule has 2 unspecified atom stereocenters. The summed E-state index contributed by atoms with van der Waals surface area (Å²) < 4.78 is 16.0. The van der Waals surface area contributed by atoms with Crippen molar-refractivity contribution < 1.29 is 14.2 Å². The molecule has 2 saturated heterocycles. The summed E-state index contributed by atoms with van der Waals surface area (Å²) in [5, 5.41) is 0. The lowest BCUT2D eigenvalue weighted by molar-refractivity contribution is -0.105. The lowest BCUT2D eigenvalue weighted by Gasteiger charge is -2.25. The average Bonchev–Trinajstić information content (AvgIpc) is 3.19. The third-order valence-electron chi connectivity index (χ3n) is 6.07. The highest BCUT2D eigenvalue weighted by Gasteiger charge is 2.18. The first kappa shape index (κ1) is 23.9. The molecule has 2 heterocycles. The van der Waals surface area contributed by atoms with Crippen LogP contribution in [-0.2, 0) is 14.2 Å². The molecule has 0 spiro atoms. The average molecular weight is 371 g/mol. The molecular formula is C23H46O3. The minimum Gasteiger partial charge on any atom is -0.381 e. The van der Waals surface area contributed by atoms with Gasteiger partial charge in [-0.05, 0) is 42.4 Å². The maximum absolute atomic E-state index is 5.41. The van der Waals surface area contributed by atoms with Crippen molar-refractivity contribution in [1.29, 1.82) is 0 Å². The summed E-state index contributed by atoms with van der Waals surface area (Å²) in [4.78, 5) is 0. The van der Waals surface area contributed by atoms with Crippen molar-refractivity contribution in [3.8, 4) is 0 Å². The van der Waals surface area contributed by atoms with Gasteiger partial charge in [0, 0.05) is 13.2 Å². The van der Waals surface area contributed by atoms with Crippen molar-refractivity contribution >= 4 is 0 Å². The quantitative estimate of drug-likeness (QED) is 0.613. The van der Waals surface area contributed by atoms with Crippen LogP contribution in [0.15, 0.2) is 0 Å². The summed E-state index contributed by atoms with van der Waals surface area (Å²) >= 11 is 0. The van der Waals surface area contributed by atoms with E-state index in [4.69, 9.17) is 14.2 Å². The smallest absolute Gasteiger partial charge is 0.0832 e. The zero-order valence-electron chi connectivity index (χ0n) is 18.5. The molecule has 3 rings (SSSR count). The molecule has 3 heteroatoms. The fourth-order valence-corrected chi connectivity index (χ4v) is 3.81. The second kappa shape index (κ2) is 14.0. The van der Waals surface area contributed by atoms with Gasteiger partial charge < -0.3 is 14.2 Å². The van der Waals surface area contributed by atoms with Crippen molar-refractivity contribution in [3.63, 3.8) is 0 Å². The van der Waals surface area contributed by atoms with Gasteiger partial charge in [-0.25, -0.2) is 0 Å². The van der Waals surface area contributed by atoms with Crippen molar-refractivity contribution in [2.24, 2.45) is 29.6 Å². The largest absolute Gasteiger partial charge is 0.381 e. The van der Waals surface area contributed by atoms with Crippen LogP contribution in [0.3, 0.4) is 0 Å². The monoisotopic (exact) mass is 370 g/mol. The molecule has 0 bridgehead atoms. The molecule has 156 valence electrons. The lowest BCUT2D eigenvalue weighted by Crippen LogP contribution is -2.32. The number of rotatable bonds is 3. The highest BCUT2D eigenvalue weighted by molar-refractivity contribution is 4.69. The number of hydrogen-bond acceptors (Lipinski definition) is 3. The molecule has 1 saturated carbocycles. The Morgan fingerprint density at radius 3 is 1.46 bits per heavy atom. The molecule has 0 aromatic heterocycles. The van der Waals surface area contributed by atoms with E-state index in [0.717, 1.165) is 56.7 Å². The van der Waals surface area contributed by atoms with E-state index in [9.17, 15) is 0 Å². The SMILES string of the molecule is CC(C)C1CCCC1.CC(C)C1CCCOC1.CC(C)C1COCCO1. The minimum absolute atomic E-state index is 0.332. The second-order valence-electron chi connectivity index (χ2n) is 9.24. The van der Waals surface area contributed by atoms with Crippen LogP contribution in [0.5, 0.6) is 0 Å². The van der Waals surface area contributed by atoms with Gasteiger partial charge in [-0.1, -0.05) is 67.2 Å². The van der Waals surface area contributed by atoms with E-state index >= 15 is 0 Å². The Kier molecular flexibility index (Phi) is 12.8. The molecule has 0 aromatic rings. The summed E-state index contributed by atoms with van der Waals surface area (Å²) in [6.45, 7) is 17.8. The summed E-state index contributed by atoms with van der Waals surface area (Å²) in [6, 6.07) is 0. The van der Waals surface area contributed by atoms with Crippen molar-refractivity contribution in [1.82, 2.24) is 0 Å². The van der Waals surface area contributed by atoms with Crippen LogP contribution in [0.4, 0.5) is 0 Å². The van der Waals surface area contributed by atoms with Gasteiger partial charge in [0.15, 0.2) is 0 Å². The standard InChI is InChI=1S/C8H16O.C8H16.C7H14O2/c1-7(2)8-4-3-5-9-6-8;1-7(2)8-5-3-4-6-8;1-6(2)7-5-8-3-4-9-7/h7-8H,3-6H2,1-2H3;7-8H,3-6H2,1-2H3;6-7H,3-5H2,1-2H3. The topological polar surface area (TPSA) is 27.7 Å². The number of ether oxygens (including phenoxy) is 3. The van der Waals surface area contributed by atoms with E-state index in [1.54, 1.807) is 0 Å². The van der Waals surface area contributed by atoms with E-state index in [2.05, 4.69) is 41.5 Å². The van der Waals surface area contributed by atoms with Gasteiger partial charge >= 0.3 is 0 Å². The third kappa shape index (κ3) is 10.3. The maximum atomic E-state index is 5.41. The molecular weight excluding hydrogens is 324 g/mol. The van der Waals surface area contributed by atoms with Crippen LogP contribution in [0, 0.1) is 29.6 Å². The van der Waals surface area contributed by atoms with Crippen molar-refractivity contribution in [2.75, 3.05) is 33.0 Å². The summed E-state index contributed by atoms with van der Waals surface area (Å²) in [7, 11) is 0. The third-order valence-corrected chi connectivity index (χ3v) is 6.07. The van der Waals surface area contributed by atoms with Gasteiger partial charge in [0.1, 0.15) is 0 Å². The first-order valence-corrected chi connectivity index (χ1v) is 11.2. The minimum atomic E-state index is 0.332. The van der Waals surface area contributed by atoms with Crippen LogP contribution < -0.4 is 0 Å². The van der Waals surface area contributed by atoms with Gasteiger partial charge in [0.05, 0.1) is 25.9 Å². The van der Waals surface area contributed by atoms with E-state index < -0.39 is 0 Å². The molecule has 3 aliphatic rings. The van der Waals surface area contributed by atoms with Crippen LogP contribution in [0.2, 0.25) is 0 Å². The Labute approximate surface area is 163 Å². The second-order valence-corrected chi connectivity index (χ2v) is 9.24. The molecule has 0 aromatic carbocycles. The molecule has 0 N–H and O–H groups in total. The normalized spacial score (nSPS) is 27.1. The van der Waals surface area contributed by atoms with E-state index in [0.29, 0.717) is 12.0 Å². The highest BCUT2D eigenvalue weighted by Crippen LogP contribution is 2.30. The van der Waals surface area contributed by atoms with Crippen LogP contribution in [0.25, 0.3) is 0 Å². The van der Waals surface area contributed by atoms with E-state index in [1.807, 2.05) is 0 Å². The van der Waals surface area contributed by atoms with Crippen LogP contribution in [-0.4, -0.2) is 39.1 Å². The van der Waals surface area contributed by atoms with Gasteiger partial charge in [-0.3, -0.25) is 0 Å². The van der Waals surface area contributed by atoms with Gasteiger partial charge in [0.25, 0.3) is 0 Å². The Balaban J connectivity index is 0.000000195. The van der Waals surface area contributed by atoms with Crippen molar-refractivity contribution in [3.05, 3.63) is 0 Å². The van der Waals surface area contributed by atoms with Crippen LogP contribution in [0.1, 0.15) is 80.1 Å². The Hall–Kier alpha value is -0.120. The Bertz CT molecular complexity index is 287. The predicted molar refractivity (Wildman–Crippen MR) is 111 cm³/mol.